The average molecular weight is 378 g/mol. The van der Waals surface area contributed by atoms with E-state index in [9.17, 15) is 4.79 Å². The summed E-state index contributed by atoms with van der Waals surface area (Å²) >= 11 is 6.15. The molecule has 0 aliphatic carbocycles. The van der Waals surface area contributed by atoms with Crippen molar-refractivity contribution in [2.45, 2.75) is 26.4 Å². The Kier molecular flexibility index (Phi) is 6.24. The summed E-state index contributed by atoms with van der Waals surface area (Å²) in [4.78, 5) is 19.0. The number of hydrogen-bond acceptors (Lipinski definition) is 5. The molecule has 2 aromatic heterocycles. The minimum atomic E-state index is -0.0885. The van der Waals surface area contributed by atoms with Crippen molar-refractivity contribution in [1.82, 2.24) is 25.0 Å². The number of halogens is 1. The van der Waals surface area contributed by atoms with Crippen LogP contribution >= 0.6 is 11.6 Å². The summed E-state index contributed by atoms with van der Waals surface area (Å²) in [5, 5.41) is 7.95. The van der Waals surface area contributed by atoms with Gasteiger partial charge in [0.05, 0.1) is 35.7 Å². The number of amides is 1. The third-order valence-corrected chi connectivity index (χ3v) is 5.18. The van der Waals surface area contributed by atoms with Crippen molar-refractivity contribution in [3.8, 4) is 0 Å². The summed E-state index contributed by atoms with van der Waals surface area (Å²) in [6, 6.07) is 4.03. The van der Waals surface area contributed by atoms with E-state index in [1.165, 1.54) is 0 Å². The normalized spacial score (nSPS) is 16.4. The number of rotatable bonds is 6. The SMILES string of the molecule is Cc1nn(CC(=O)NC[C@@H](c2cccnc2)N2CCOCC2)c(C)c1Cl. The number of morpholine rings is 1. The summed E-state index contributed by atoms with van der Waals surface area (Å²) in [7, 11) is 0. The van der Waals surface area contributed by atoms with Gasteiger partial charge in [-0.3, -0.25) is 19.4 Å². The van der Waals surface area contributed by atoms with E-state index >= 15 is 0 Å². The van der Waals surface area contributed by atoms with Gasteiger partial charge in [0.1, 0.15) is 6.54 Å². The van der Waals surface area contributed by atoms with E-state index in [4.69, 9.17) is 16.3 Å². The summed E-state index contributed by atoms with van der Waals surface area (Å²) < 4.78 is 7.09. The monoisotopic (exact) mass is 377 g/mol. The maximum absolute atomic E-state index is 12.4. The fourth-order valence-corrected chi connectivity index (χ4v) is 3.29. The number of nitrogens with one attached hydrogen (secondary N) is 1. The second kappa shape index (κ2) is 8.62. The Bertz CT molecular complexity index is 744. The maximum atomic E-state index is 12.4. The molecule has 8 heteroatoms. The van der Waals surface area contributed by atoms with Gasteiger partial charge in [0.15, 0.2) is 0 Å². The summed E-state index contributed by atoms with van der Waals surface area (Å²) in [6.45, 7) is 7.44. The first kappa shape index (κ1) is 18.8. The van der Waals surface area contributed by atoms with Gasteiger partial charge in [0.2, 0.25) is 5.91 Å². The van der Waals surface area contributed by atoms with Crippen LogP contribution in [0.15, 0.2) is 24.5 Å². The van der Waals surface area contributed by atoms with E-state index in [1.54, 1.807) is 10.9 Å². The van der Waals surface area contributed by atoms with Gasteiger partial charge in [0, 0.05) is 32.0 Å². The molecule has 140 valence electrons. The smallest absolute Gasteiger partial charge is 0.241 e. The van der Waals surface area contributed by atoms with Crippen molar-refractivity contribution in [3.05, 3.63) is 46.5 Å². The number of carbonyl (C=O) groups is 1. The van der Waals surface area contributed by atoms with Crippen LogP contribution in [0.25, 0.3) is 0 Å². The molecule has 0 saturated carbocycles. The Labute approximate surface area is 158 Å². The van der Waals surface area contributed by atoms with Gasteiger partial charge >= 0.3 is 0 Å². The number of hydrogen-bond donors (Lipinski definition) is 1. The molecule has 1 atom stereocenters. The standard InChI is InChI=1S/C18H24ClN5O2/c1-13-18(19)14(2)24(22-13)12-17(25)21-11-16(15-4-3-5-20-10-15)23-6-8-26-9-7-23/h3-5,10,16H,6-9,11-12H2,1-2H3,(H,21,25)/t16-/m0/s1. The largest absolute Gasteiger partial charge is 0.379 e. The summed E-state index contributed by atoms with van der Waals surface area (Å²) in [5.74, 6) is -0.0885. The highest BCUT2D eigenvalue weighted by Gasteiger charge is 2.23. The van der Waals surface area contributed by atoms with Crippen LogP contribution in [0.1, 0.15) is 23.0 Å². The molecule has 0 aromatic carbocycles. The molecule has 3 heterocycles. The molecule has 7 nitrogen and oxygen atoms in total. The fourth-order valence-electron chi connectivity index (χ4n) is 3.15. The van der Waals surface area contributed by atoms with Crippen LogP contribution in [0.3, 0.4) is 0 Å². The average Bonchev–Trinajstić information content (AvgIpc) is 2.90. The lowest BCUT2D eigenvalue weighted by atomic mass is 10.1. The third-order valence-electron chi connectivity index (χ3n) is 4.63. The first-order valence-corrected chi connectivity index (χ1v) is 9.12. The highest BCUT2D eigenvalue weighted by molar-refractivity contribution is 6.31. The van der Waals surface area contributed by atoms with E-state index in [0.717, 1.165) is 30.0 Å². The number of aromatic nitrogens is 3. The van der Waals surface area contributed by atoms with Gasteiger partial charge in [-0.15, -0.1) is 0 Å². The van der Waals surface area contributed by atoms with Gasteiger partial charge in [-0.1, -0.05) is 17.7 Å². The zero-order chi connectivity index (χ0) is 18.5. The summed E-state index contributed by atoms with van der Waals surface area (Å²) in [6.07, 6.45) is 3.61. The lowest BCUT2D eigenvalue weighted by Crippen LogP contribution is -2.44. The minimum Gasteiger partial charge on any atom is -0.379 e. The molecule has 1 amide bonds. The van der Waals surface area contributed by atoms with Crippen molar-refractivity contribution in [2.75, 3.05) is 32.8 Å². The second-order valence-electron chi connectivity index (χ2n) is 6.40. The van der Waals surface area contributed by atoms with Crippen LogP contribution in [-0.4, -0.2) is 58.4 Å². The van der Waals surface area contributed by atoms with E-state index < -0.39 is 0 Å². The molecule has 1 saturated heterocycles. The van der Waals surface area contributed by atoms with Crippen LogP contribution in [0, 0.1) is 13.8 Å². The van der Waals surface area contributed by atoms with Crippen molar-refractivity contribution < 1.29 is 9.53 Å². The number of pyridine rings is 1. The van der Waals surface area contributed by atoms with E-state index in [0.29, 0.717) is 24.8 Å². The third kappa shape index (κ3) is 4.41. The molecule has 1 fully saturated rings. The fraction of sp³-hybridized carbons (Fsp3) is 0.500. The van der Waals surface area contributed by atoms with Gasteiger partial charge in [-0.2, -0.15) is 5.10 Å². The summed E-state index contributed by atoms with van der Waals surface area (Å²) in [5.41, 5.74) is 2.62. The quantitative estimate of drug-likeness (QED) is 0.830. The zero-order valence-electron chi connectivity index (χ0n) is 15.1. The van der Waals surface area contributed by atoms with Crippen LogP contribution in [0.2, 0.25) is 5.02 Å². The predicted octanol–water partition coefficient (Wildman–Crippen LogP) is 1.74. The molecule has 1 aliphatic rings. The second-order valence-corrected chi connectivity index (χ2v) is 6.77. The van der Waals surface area contributed by atoms with Crippen molar-refractivity contribution >= 4 is 17.5 Å². The molecule has 0 radical (unpaired) electrons. The molecule has 1 N–H and O–H groups in total. The lowest BCUT2D eigenvalue weighted by molar-refractivity contribution is -0.122. The predicted molar refractivity (Wildman–Crippen MR) is 99.1 cm³/mol. The van der Waals surface area contributed by atoms with Gasteiger partial charge in [0.25, 0.3) is 0 Å². The molecule has 2 aromatic rings. The van der Waals surface area contributed by atoms with E-state index in [2.05, 4.69) is 20.3 Å². The van der Waals surface area contributed by atoms with Gasteiger partial charge in [-0.05, 0) is 25.5 Å². The van der Waals surface area contributed by atoms with Gasteiger partial charge in [-0.25, -0.2) is 0 Å². The lowest BCUT2D eigenvalue weighted by Gasteiger charge is -2.34. The molecule has 1 aliphatic heterocycles. The van der Waals surface area contributed by atoms with Crippen LogP contribution in [0.4, 0.5) is 0 Å². The minimum absolute atomic E-state index is 0.0700. The van der Waals surface area contributed by atoms with Gasteiger partial charge < -0.3 is 10.1 Å². The molecule has 0 spiro atoms. The number of nitrogens with zero attached hydrogens (tertiary/aromatic N) is 4. The Hall–Kier alpha value is -1.96. The first-order chi connectivity index (χ1) is 12.6. The molecule has 0 unspecified atom stereocenters. The Morgan fingerprint density at radius 3 is 2.77 bits per heavy atom. The Morgan fingerprint density at radius 2 is 2.15 bits per heavy atom. The molecular formula is C18H24ClN5O2. The molecule has 3 rings (SSSR count). The topological polar surface area (TPSA) is 72.3 Å². The van der Waals surface area contributed by atoms with E-state index in [-0.39, 0.29) is 18.5 Å². The number of carbonyl (C=O) groups excluding carboxylic acids is 1. The van der Waals surface area contributed by atoms with Crippen molar-refractivity contribution in [1.29, 1.82) is 0 Å². The zero-order valence-corrected chi connectivity index (χ0v) is 15.9. The van der Waals surface area contributed by atoms with Crippen molar-refractivity contribution in [3.63, 3.8) is 0 Å². The molecule has 26 heavy (non-hydrogen) atoms. The van der Waals surface area contributed by atoms with Crippen LogP contribution in [-0.2, 0) is 16.1 Å². The highest BCUT2D eigenvalue weighted by Crippen LogP contribution is 2.21. The maximum Gasteiger partial charge on any atom is 0.241 e. The molecule has 0 bridgehead atoms. The van der Waals surface area contributed by atoms with Crippen molar-refractivity contribution in [2.24, 2.45) is 0 Å². The Morgan fingerprint density at radius 1 is 1.38 bits per heavy atom. The van der Waals surface area contributed by atoms with Crippen LogP contribution < -0.4 is 5.32 Å². The van der Waals surface area contributed by atoms with Crippen LogP contribution in [0.5, 0.6) is 0 Å². The molecular weight excluding hydrogens is 354 g/mol. The number of aryl methyl sites for hydroxylation is 1. The Balaban J connectivity index is 1.65. The highest BCUT2D eigenvalue weighted by atomic mass is 35.5. The first-order valence-electron chi connectivity index (χ1n) is 8.74. The number of ether oxygens (including phenoxy) is 1. The van der Waals surface area contributed by atoms with E-state index in [1.807, 2.05) is 32.2 Å².